The molecule has 0 amide bonds. The first-order valence-corrected chi connectivity index (χ1v) is 4.72. The Bertz CT molecular complexity index is 360. The average molecular weight is 311 g/mol. The molecular formula is C12H14CuF3O2. The molecule has 0 aromatic heterocycles. The Morgan fingerprint density at radius 2 is 1.83 bits per heavy atom. The summed E-state index contributed by atoms with van der Waals surface area (Å²) in [5.41, 5.74) is 0.946. The second-order valence-electron chi connectivity index (χ2n) is 3.05. The van der Waals surface area contributed by atoms with Crippen LogP contribution in [0.25, 0.3) is 0 Å². The normalized spacial score (nSPS) is 10.0. The van der Waals surface area contributed by atoms with E-state index in [9.17, 15) is 23.1 Å². The Balaban J connectivity index is -0.000000251. The maximum atomic E-state index is 11.3. The van der Waals surface area contributed by atoms with Gasteiger partial charge in [0, 0.05) is 6.42 Å². The van der Waals surface area contributed by atoms with E-state index in [4.69, 9.17) is 0 Å². The number of allylic oxidation sites excluding steroid dienone is 3. The predicted molar refractivity (Wildman–Crippen MR) is 57.7 cm³/mol. The van der Waals surface area contributed by atoms with Gasteiger partial charge in [-0.25, -0.2) is 0 Å². The number of alkyl halides is 3. The number of hydrogen-bond donors (Lipinski definition) is 0. The Morgan fingerprint density at radius 3 is 1.94 bits per heavy atom. The summed E-state index contributed by atoms with van der Waals surface area (Å²) in [4.78, 5) is 9.92. The molecule has 0 saturated heterocycles. The van der Waals surface area contributed by atoms with Gasteiger partial charge in [0.25, 0.3) is 0 Å². The number of hydrogen-bond acceptors (Lipinski definition) is 2. The van der Waals surface area contributed by atoms with Crippen molar-refractivity contribution in [1.29, 1.82) is 0 Å². The van der Waals surface area contributed by atoms with E-state index in [1.807, 2.05) is 13.8 Å². The van der Waals surface area contributed by atoms with Gasteiger partial charge < -0.3 is 5.11 Å². The van der Waals surface area contributed by atoms with Crippen molar-refractivity contribution in [1.82, 2.24) is 0 Å². The summed E-state index contributed by atoms with van der Waals surface area (Å²) >= 11 is 0. The Kier molecular flexibility index (Phi) is 13.4. The summed E-state index contributed by atoms with van der Waals surface area (Å²) in [7, 11) is 0. The Hall–Kier alpha value is -1.18. The van der Waals surface area contributed by atoms with E-state index in [1.54, 1.807) is 0 Å². The minimum atomic E-state index is -4.92. The van der Waals surface area contributed by atoms with Crippen molar-refractivity contribution in [3.63, 3.8) is 0 Å². The molecule has 0 aromatic carbocycles. The summed E-state index contributed by atoms with van der Waals surface area (Å²) in [6.45, 7) is 8.43. The fourth-order valence-corrected chi connectivity index (χ4v) is 0.506. The molecule has 0 fully saturated rings. The first kappa shape index (κ1) is 22.0. The fourth-order valence-electron chi connectivity index (χ4n) is 0.506. The number of halogens is 3. The smallest absolute Gasteiger partial charge is 0.869 e. The molecule has 0 aliphatic carbocycles. The van der Waals surface area contributed by atoms with Crippen LogP contribution in [0.15, 0.2) is 24.0 Å². The maximum Gasteiger partial charge on any atom is 1.00 e. The molecule has 106 valence electrons. The van der Waals surface area contributed by atoms with Gasteiger partial charge in [-0.2, -0.15) is 13.2 Å². The quantitative estimate of drug-likeness (QED) is 0.323. The average Bonchev–Trinajstić information content (AvgIpc) is 2.13. The van der Waals surface area contributed by atoms with Gasteiger partial charge in [-0.1, -0.05) is 25.3 Å². The maximum absolute atomic E-state index is 11.3. The Morgan fingerprint density at radius 1 is 1.39 bits per heavy atom. The summed E-state index contributed by atoms with van der Waals surface area (Å²) < 4.78 is 33.8. The summed E-state index contributed by atoms with van der Waals surface area (Å²) in [6.07, 6.45) is -3.99. The number of rotatable bonds is 1. The second kappa shape index (κ2) is 10.9. The number of carbonyl (C=O) groups is 1. The van der Waals surface area contributed by atoms with Crippen LogP contribution in [-0.4, -0.2) is 12.0 Å². The molecule has 0 atom stereocenters. The SMILES string of the molecule is C=C(C)C#CCC.CC(=O)/C=C(\[O-])C(F)(F)F.[Cu+]. The number of carbonyl (C=O) groups excluding carboxylic acids is 1. The third-order valence-electron chi connectivity index (χ3n) is 1.09. The van der Waals surface area contributed by atoms with Crippen LogP contribution >= 0.6 is 0 Å². The molecule has 18 heavy (non-hydrogen) atoms. The predicted octanol–water partition coefficient (Wildman–Crippen LogP) is 2.36. The first-order chi connectivity index (χ1) is 7.61. The topological polar surface area (TPSA) is 40.1 Å². The van der Waals surface area contributed by atoms with Crippen molar-refractivity contribution in [3.05, 3.63) is 24.0 Å². The van der Waals surface area contributed by atoms with Gasteiger partial charge in [0.15, 0.2) is 5.78 Å². The third-order valence-corrected chi connectivity index (χ3v) is 1.09. The van der Waals surface area contributed by atoms with E-state index >= 15 is 0 Å². The van der Waals surface area contributed by atoms with Crippen molar-refractivity contribution >= 4 is 5.78 Å². The van der Waals surface area contributed by atoms with Crippen molar-refractivity contribution in [2.45, 2.75) is 33.4 Å². The van der Waals surface area contributed by atoms with E-state index in [0.29, 0.717) is 0 Å². The van der Waals surface area contributed by atoms with Crippen LogP contribution in [0.4, 0.5) is 13.2 Å². The van der Waals surface area contributed by atoms with Crippen LogP contribution in [0.5, 0.6) is 0 Å². The van der Waals surface area contributed by atoms with Gasteiger partial charge in [-0.05, 0) is 31.3 Å². The van der Waals surface area contributed by atoms with Crippen molar-refractivity contribution in [2.24, 2.45) is 0 Å². The molecule has 6 heteroatoms. The second-order valence-corrected chi connectivity index (χ2v) is 3.05. The molecule has 0 bridgehead atoms. The third kappa shape index (κ3) is 17.2. The van der Waals surface area contributed by atoms with Crippen molar-refractivity contribution < 1.29 is 40.1 Å². The van der Waals surface area contributed by atoms with Gasteiger partial charge in [0.05, 0.1) is 0 Å². The van der Waals surface area contributed by atoms with Crippen LogP contribution in [0.3, 0.4) is 0 Å². The number of ketones is 1. The minimum Gasteiger partial charge on any atom is -0.869 e. The van der Waals surface area contributed by atoms with Crippen LogP contribution < -0.4 is 5.11 Å². The molecular weight excluding hydrogens is 297 g/mol. The molecule has 0 aliphatic heterocycles. The van der Waals surface area contributed by atoms with Gasteiger partial charge in [0.1, 0.15) is 0 Å². The molecule has 0 aromatic rings. The molecule has 0 unspecified atom stereocenters. The first-order valence-electron chi connectivity index (χ1n) is 4.72. The van der Waals surface area contributed by atoms with Gasteiger partial charge in [0.2, 0.25) is 0 Å². The summed E-state index contributed by atoms with van der Waals surface area (Å²) in [6, 6.07) is 0. The van der Waals surface area contributed by atoms with Crippen LogP contribution in [-0.2, 0) is 21.9 Å². The van der Waals surface area contributed by atoms with E-state index in [0.717, 1.165) is 18.9 Å². The van der Waals surface area contributed by atoms with E-state index in [1.165, 1.54) is 0 Å². The molecule has 2 nitrogen and oxygen atoms in total. The molecule has 0 aliphatic rings. The van der Waals surface area contributed by atoms with Crippen LogP contribution in [0, 0.1) is 11.8 Å². The van der Waals surface area contributed by atoms with Crippen molar-refractivity contribution in [2.75, 3.05) is 0 Å². The zero-order valence-electron chi connectivity index (χ0n) is 10.2. The minimum absolute atomic E-state index is 0. The summed E-state index contributed by atoms with van der Waals surface area (Å²) in [5.74, 6) is 2.74. The standard InChI is InChI=1S/C7H10.C5H5F3O2.Cu/c1-4-5-6-7(2)3;1-3(9)2-4(10)5(6,7)8;/h2,4H2,1,3H3;2,10H,1H3;/q;;+1/p-1/b;4-2-;. The van der Waals surface area contributed by atoms with E-state index in [2.05, 4.69) is 18.4 Å². The molecule has 0 heterocycles. The van der Waals surface area contributed by atoms with Crippen LogP contribution in [0.1, 0.15) is 27.2 Å². The largest absolute Gasteiger partial charge is 1.00 e. The zero-order valence-corrected chi connectivity index (χ0v) is 11.2. The fraction of sp³-hybridized carbons (Fsp3) is 0.417. The van der Waals surface area contributed by atoms with Gasteiger partial charge >= 0.3 is 23.2 Å². The van der Waals surface area contributed by atoms with E-state index < -0.39 is 17.7 Å². The van der Waals surface area contributed by atoms with E-state index in [-0.39, 0.29) is 23.1 Å². The molecule has 0 spiro atoms. The van der Waals surface area contributed by atoms with Gasteiger partial charge in [-0.3, -0.25) is 4.79 Å². The molecule has 0 radical (unpaired) electrons. The Labute approximate surface area is 115 Å². The summed E-state index contributed by atoms with van der Waals surface area (Å²) in [5, 5.41) is 9.87. The van der Waals surface area contributed by atoms with Crippen molar-refractivity contribution in [3.8, 4) is 11.8 Å². The molecule has 0 N–H and O–H groups in total. The monoisotopic (exact) mass is 310 g/mol. The van der Waals surface area contributed by atoms with Gasteiger partial charge in [-0.15, -0.1) is 0 Å². The molecule has 0 saturated carbocycles. The zero-order chi connectivity index (χ0) is 14.1. The van der Waals surface area contributed by atoms with Crippen LogP contribution in [0.2, 0.25) is 0 Å². The molecule has 0 rings (SSSR count).